The van der Waals surface area contributed by atoms with Crippen LogP contribution in [0.1, 0.15) is 90.2 Å². The van der Waals surface area contributed by atoms with E-state index in [-0.39, 0.29) is 21.9 Å². The van der Waals surface area contributed by atoms with E-state index >= 15 is 0 Å². The number of fused-ring (bicyclic) bond motifs is 14. The molecule has 0 spiro atoms. The molecule has 11 aromatic rings. The van der Waals surface area contributed by atoms with Crippen LogP contribution in [0.4, 0.5) is 22.7 Å². The molecule has 2 nitrogen and oxygen atoms in total. The first kappa shape index (κ1) is 42.3. The zero-order chi connectivity index (χ0) is 48.1. The molecule has 2 fully saturated rings. The van der Waals surface area contributed by atoms with Gasteiger partial charge in [0.1, 0.15) is 0 Å². The van der Waals surface area contributed by atoms with E-state index in [2.05, 4.69) is 232 Å². The minimum atomic E-state index is -0.0721. The van der Waals surface area contributed by atoms with E-state index in [4.69, 9.17) is 0 Å². The highest BCUT2D eigenvalue weighted by Gasteiger charge is 2.59. The van der Waals surface area contributed by atoms with Crippen LogP contribution >= 0.6 is 0 Å². The highest BCUT2D eigenvalue weighted by atomic mass is 15.3. The summed E-state index contributed by atoms with van der Waals surface area (Å²) in [6.07, 6.45) is 9.73. The summed E-state index contributed by atoms with van der Waals surface area (Å²) in [5, 5.41) is 15.4. The zero-order valence-electron chi connectivity index (χ0n) is 42.0. The topological polar surface area (TPSA) is 6.48 Å². The number of nitrogens with zero attached hydrogens (tertiary/aromatic N) is 2. The van der Waals surface area contributed by atoms with Crippen molar-refractivity contribution in [3.8, 4) is 22.3 Å². The van der Waals surface area contributed by atoms with Gasteiger partial charge in [-0.15, -0.1) is 0 Å². The molecular weight excluding hydrogens is 869 g/mol. The van der Waals surface area contributed by atoms with Crippen molar-refractivity contribution in [2.45, 2.75) is 101 Å². The van der Waals surface area contributed by atoms with E-state index in [0.717, 1.165) is 12.8 Å². The van der Waals surface area contributed by atoms with Gasteiger partial charge in [0, 0.05) is 33.6 Å². The number of hydrogen-bond acceptors (Lipinski definition) is 2. The van der Waals surface area contributed by atoms with Gasteiger partial charge in [-0.05, 0) is 186 Å². The predicted octanol–water partition coefficient (Wildman–Crippen LogP) is 19.4. The lowest BCUT2D eigenvalue weighted by Crippen LogP contribution is -2.54. The fraction of sp³-hybridized carbons (Fsp3) is 0.229. The fourth-order valence-corrected chi connectivity index (χ4v) is 15.8. The van der Waals surface area contributed by atoms with E-state index in [1.54, 1.807) is 0 Å². The first-order chi connectivity index (χ1) is 35.2. The van der Waals surface area contributed by atoms with Crippen molar-refractivity contribution in [2.24, 2.45) is 0 Å². The summed E-state index contributed by atoms with van der Waals surface area (Å²) in [7, 11) is 0. The molecule has 0 radical (unpaired) electrons. The first-order valence-electron chi connectivity index (χ1n) is 26.9. The summed E-state index contributed by atoms with van der Waals surface area (Å²) < 4.78 is 0. The molecule has 4 atom stereocenters. The molecule has 4 aliphatic rings. The lowest BCUT2D eigenvalue weighted by atomic mass is 9.61. The lowest BCUT2D eigenvalue weighted by molar-refractivity contribution is 0.195. The van der Waals surface area contributed by atoms with Crippen LogP contribution in [0.3, 0.4) is 0 Å². The van der Waals surface area contributed by atoms with Gasteiger partial charge in [0.15, 0.2) is 0 Å². The molecule has 0 saturated heterocycles. The van der Waals surface area contributed by atoms with Crippen molar-refractivity contribution in [3.63, 3.8) is 0 Å². The third-order valence-corrected chi connectivity index (χ3v) is 19.7. The lowest BCUT2D eigenvalue weighted by Gasteiger charge is -2.50. The number of rotatable bonds is 4. The van der Waals surface area contributed by atoms with Gasteiger partial charge in [0.05, 0.1) is 11.1 Å². The van der Waals surface area contributed by atoms with E-state index < -0.39 is 0 Å². The molecule has 0 bridgehead atoms. The molecule has 0 amide bonds. The van der Waals surface area contributed by atoms with Crippen LogP contribution < -0.4 is 9.80 Å². The third-order valence-electron chi connectivity index (χ3n) is 19.7. The monoisotopic (exact) mass is 928 g/mol. The van der Waals surface area contributed by atoms with E-state index in [1.807, 2.05) is 0 Å². The van der Waals surface area contributed by atoms with Crippen LogP contribution in [0.15, 0.2) is 194 Å². The summed E-state index contributed by atoms with van der Waals surface area (Å²) in [6.45, 7) is 10.2. The molecule has 2 saturated carbocycles. The molecule has 2 aliphatic heterocycles. The minimum absolute atomic E-state index is 0.0440. The van der Waals surface area contributed by atoms with Crippen molar-refractivity contribution in [1.82, 2.24) is 0 Å². The largest absolute Gasteiger partial charge is 0.334 e. The Morgan fingerprint density at radius 2 is 0.667 bits per heavy atom. The van der Waals surface area contributed by atoms with Gasteiger partial charge in [-0.3, -0.25) is 0 Å². The Morgan fingerprint density at radius 3 is 1.11 bits per heavy atom. The summed E-state index contributed by atoms with van der Waals surface area (Å²) in [4.78, 5) is 5.54. The van der Waals surface area contributed by atoms with Crippen LogP contribution in [-0.2, 0) is 10.8 Å². The molecule has 72 heavy (non-hydrogen) atoms. The summed E-state index contributed by atoms with van der Waals surface area (Å²) in [5.41, 5.74) is 13.4. The summed E-state index contributed by atoms with van der Waals surface area (Å²) in [6, 6.07) is 75.3. The van der Waals surface area contributed by atoms with E-state index in [0.29, 0.717) is 0 Å². The highest BCUT2D eigenvalue weighted by molar-refractivity contribution is 6.29. The van der Waals surface area contributed by atoms with Gasteiger partial charge >= 0.3 is 0 Å². The Morgan fingerprint density at radius 1 is 0.306 bits per heavy atom. The van der Waals surface area contributed by atoms with Crippen LogP contribution in [0.5, 0.6) is 0 Å². The Kier molecular flexibility index (Phi) is 8.84. The van der Waals surface area contributed by atoms with Gasteiger partial charge in [-0.1, -0.05) is 185 Å². The zero-order valence-corrected chi connectivity index (χ0v) is 42.0. The quantitative estimate of drug-likeness (QED) is 0.128. The average molecular weight is 929 g/mol. The smallest absolute Gasteiger partial charge is 0.0517 e. The number of benzene rings is 11. The van der Waals surface area contributed by atoms with Crippen molar-refractivity contribution < 1.29 is 0 Å². The van der Waals surface area contributed by atoms with E-state index in [1.165, 1.54) is 159 Å². The van der Waals surface area contributed by atoms with Crippen LogP contribution in [0.25, 0.3) is 86.9 Å². The average Bonchev–Trinajstić information content (AvgIpc) is 3.77. The maximum atomic E-state index is 2.77. The van der Waals surface area contributed by atoms with E-state index in [9.17, 15) is 0 Å². The maximum Gasteiger partial charge on any atom is 0.0517 e. The second kappa shape index (κ2) is 15.1. The molecule has 11 aromatic carbocycles. The summed E-state index contributed by atoms with van der Waals surface area (Å²) in [5.74, 6) is 0. The van der Waals surface area contributed by atoms with Crippen molar-refractivity contribution in [1.29, 1.82) is 0 Å². The fourth-order valence-electron chi connectivity index (χ4n) is 15.8. The van der Waals surface area contributed by atoms with Gasteiger partial charge < -0.3 is 9.80 Å². The normalized spacial score (nSPS) is 23.6. The molecule has 4 unspecified atom stereocenters. The first-order valence-corrected chi connectivity index (χ1v) is 26.9. The SMILES string of the molecule is CC12CCCCC1(C)N(c1ccc3c(-c4cc5ccccc5c5ccccc45)c4cc(N5c6ccccc6C6(C)CCCCC56C)ccc4c(-c4cc5ccccc5c5ccccc45)c3c1)c1ccccc12. The van der Waals surface area contributed by atoms with Gasteiger partial charge in [0.25, 0.3) is 0 Å². The standard InChI is InChI=1S/C70H60N2/c1-67-37-17-19-39-69(67,3)71(63-31-15-13-29-61(63)67)47-33-35-55-59(43-47)65(57-41-45-21-5-7-23-49(45)51-25-9-11-27-53(51)57)56-36-34-48(72-64-32-16-14-30-62(64)68(2)38-18-20-40-70(68,72)4)44-60(56)66(55)58-42-46-22-6-8-24-50(46)52-26-10-12-28-54(52)58/h5-16,21-36,41-44H,17-20,37-40H2,1-4H3. The second-order valence-electron chi connectivity index (χ2n) is 22.9. The van der Waals surface area contributed by atoms with Crippen molar-refractivity contribution in [2.75, 3.05) is 9.80 Å². The number of anilines is 4. The molecule has 15 rings (SSSR count). The molecule has 2 heteroatoms. The van der Waals surface area contributed by atoms with Crippen LogP contribution in [0, 0.1) is 0 Å². The van der Waals surface area contributed by atoms with Gasteiger partial charge in [-0.2, -0.15) is 0 Å². The third kappa shape index (κ3) is 5.45. The Labute approximate surface area is 423 Å². The van der Waals surface area contributed by atoms with Crippen molar-refractivity contribution >= 4 is 87.4 Å². The number of para-hydroxylation sites is 2. The van der Waals surface area contributed by atoms with Crippen LogP contribution in [-0.4, -0.2) is 11.1 Å². The second-order valence-corrected chi connectivity index (χ2v) is 22.9. The molecule has 0 aromatic heterocycles. The molecular formula is C70H60N2. The summed E-state index contributed by atoms with van der Waals surface area (Å²) >= 11 is 0. The Balaban J connectivity index is 1.12. The molecule has 0 N–H and O–H groups in total. The van der Waals surface area contributed by atoms with Crippen LogP contribution in [0.2, 0.25) is 0 Å². The Bertz CT molecular complexity index is 3840. The van der Waals surface area contributed by atoms with Crippen molar-refractivity contribution in [3.05, 3.63) is 205 Å². The number of hydrogen-bond donors (Lipinski definition) is 0. The van der Waals surface area contributed by atoms with Gasteiger partial charge in [-0.25, -0.2) is 0 Å². The molecule has 2 heterocycles. The van der Waals surface area contributed by atoms with Gasteiger partial charge in [0.2, 0.25) is 0 Å². The molecule has 2 aliphatic carbocycles. The highest BCUT2D eigenvalue weighted by Crippen LogP contribution is 2.63. The predicted molar refractivity (Wildman–Crippen MR) is 308 cm³/mol. The Hall–Kier alpha value is -7.42. The molecule has 350 valence electrons. The minimum Gasteiger partial charge on any atom is -0.334 e. The maximum absolute atomic E-state index is 2.77.